The summed E-state index contributed by atoms with van der Waals surface area (Å²) in [4.78, 5) is 11.2. The highest BCUT2D eigenvalue weighted by atomic mass is 127. The Morgan fingerprint density at radius 2 is 2.05 bits per heavy atom. The van der Waals surface area contributed by atoms with Crippen molar-refractivity contribution in [2.75, 3.05) is 7.11 Å². The van der Waals surface area contributed by atoms with E-state index in [1.165, 1.54) is 19.2 Å². The molecule has 0 radical (unpaired) electrons. The van der Waals surface area contributed by atoms with Gasteiger partial charge in [0.15, 0.2) is 11.5 Å². The van der Waals surface area contributed by atoms with Crippen LogP contribution in [0.15, 0.2) is 36.4 Å². The minimum atomic E-state index is -0.549. The standard InChI is InChI=1S/C15H13FINO3/c1-20-13-7-10(15(18)19)6-12(17)14(13)21-8-9-4-2-3-5-11(9)16/h2-7H,8H2,1H3,(H2,18,19). The van der Waals surface area contributed by atoms with Crippen LogP contribution in [0.3, 0.4) is 0 Å². The molecule has 110 valence electrons. The predicted octanol–water partition coefficient (Wildman–Crippen LogP) is 3.12. The van der Waals surface area contributed by atoms with Gasteiger partial charge in [0.05, 0.1) is 10.7 Å². The Morgan fingerprint density at radius 3 is 2.67 bits per heavy atom. The lowest BCUT2D eigenvalue weighted by atomic mass is 10.2. The summed E-state index contributed by atoms with van der Waals surface area (Å²) >= 11 is 2.01. The topological polar surface area (TPSA) is 61.5 Å². The monoisotopic (exact) mass is 401 g/mol. The highest BCUT2D eigenvalue weighted by molar-refractivity contribution is 14.1. The number of methoxy groups -OCH3 is 1. The first-order valence-corrected chi connectivity index (χ1v) is 7.14. The summed E-state index contributed by atoms with van der Waals surface area (Å²) in [5.41, 5.74) is 6.02. The van der Waals surface area contributed by atoms with Gasteiger partial charge in [-0.05, 0) is 40.8 Å². The average molecular weight is 401 g/mol. The minimum absolute atomic E-state index is 0.0644. The smallest absolute Gasteiger partial charge is 0.248 e. The number of benzene rings is 2. The predicted molar refractivity (Wildman–Crippen MR) is 85.0 cm³/mol. The van der Waals surface area contributed by atoms with E-state index in [-0.39, 0.29) is 12.4 Å². The van der Waals surface area contributed by atoms with Crippen LogP contribution in [0.5, 0.6) is 11.5 Å². The van der Waals surface area contributed by atoms with Gasteiger partial charge < -0.3 is 15.2 Å². The summed E-state index contributed by atoms with van der Waals surface area (Å²) in [5, 5.41) is 0. The molecule has 0 aliphatic heterocycles. The molecule has 2 N–H and O–H groups in total. The van der Waals surface area contributed by atoms with E-state index in [0.717, 1.165) is 0 Å². The summed E-state index contributed by atoms with van der Waals surface area (Å²) in [7, 11) is 1.46. The van der Waals surface area contributed by atoms with Gasteiger partial charge in [-0.1, -0.05) is 18.2 Å². The normalized spacial score (nSPS) is 10.2. The second-order valence-electron chi connectivity index (χ2n) is 4.23. The zero-order valence-electron chi connectivity index (χ0n) is 11.2. The number of amides is 1. The van der Waals surface area contributed by atoms with Crippen LogP contribution >= 0.6 is 22.6 Å². The van der Waals surface area contributed by atoms with E-state index in [0.29, 0.717) is 26.2 Å². The van der Waals surface area contributed by atoms with Crippen molar-refractivity contribution in [3.05, 3.63) is 56.9 Å². The molecule has 0 bridgehead atoms. The molecule has 2 rings (SSSR count). The number of ether oxygens (including phenoxy) is 2. The van der Waals surface area contributed by atoms with Gasteiger partial charge in [-0.3, -0.25) is 4.79 Å². The van der Waals surface area contributed by atoms with Crippen molar-refractivity contribution in [1.82, 2.24) is 0 Å². The highest BCUT2D eigenvalue weighted by Crippen LogP contribution is 2.34. The van der Waals surface area contributed by atoms with Crippen molar-refractivity contribution in [2.45, 2.75) is 6.61 Å². The third-order valence-electron chi connectivity index (χ3n) is 2.84. The number of hydrogen-bond acceptors (Lipinski definition) is 3. The molecule has 0 saturated heterocycles. The maximum Gasteiger partial charge on any atom is 0.248 e. The van der Waals surface area contributed by atoms with Crippen LogP contribution in [0.1, 0.15) is 15.9 Å². The van der Waals surface area contributed by atoms with Crippen LogP contribution in [-0.2, 0) is 6.61 Å². The molecule has 0 saturated carbocycles. The maximum absolute atomic E-state index is 13.6. The lowest BCUT2D eigenvalue weighted by Gasteiger charge is -2.14. The zero-order chi connectivity index (χ0) is 15.4. The van der Waals surface area contributed by atoms with Gasteiger partial charge in [0.25, 0.3) is 0 Å². The molecule has 0 heterocycles. The molecule has 0 spiro atoms. The summed E-state index contributed by atoms with van der Waals surface area (Å²) < 4.78 is 25.1. The van der Waals surface area contributed by atoms with Crippen LogP contribution in [-0.4, -0.2) is 13.0 Å². The van der Waals surface area contributed by atoms with Crippen molar-refractivity contribution in [1.29, 1.82) is 0 Å². The molecule has 1 amide bonds. The molecule has 0 aliphatic carbocycles. The molecule has 0 atom stereocenters. The number of nitrogens with two attached hydrogens (primary N) is 1. The van der Waals surface area contributed by atoms with Gasteiger partial charge in [-0.15, -0.1) is 0 Å². The molecule has 2 aromatic carbocycles. The van der Waals surface area contributed by atoms with E-state index in [1.807, 2.05) is 22.6 Å². The number of hydrogen-bond donors (Lipinski definition) is 1. The van der Waals surface area contributed by atoms with Gasteiger partial charge >= 0.3 is 0 Å². The van der Waals surface area contributed by atoms with Gasteiger partial charge in [0.2, 0.25) is 5.91 Å². The number of rotatable bonds is 5. The summed E-state index contributed by atoms with van der Waals surface area (Å²) in [5.74, 6) is -0.0505. The Morgan fingerprint density at radius 1 is 1.33 bits per heavy atom. The first kappa shape index (κ1) is 15.6. The summed E-state index contributed by atoms with van der Waals surface area (Å²) in [6.07, 6.45) is 0. The van der Waals surface area contributed by atoms with E-state index in [1.54, 1.807) is 24.3 Å². The Bertz CT molecular complexity index is 676. The van der Waals surface area contributed by atoms with Crippen molar-refractivity contribution >= 4 is 28.5 Å². The van der Waals surface area contributed by atoms with E-state index in [2.05, 4.69) is 0 Å². The first-order chi connectivity index (χ1) is 10.0. The van der Waals surface area contributed by atoms with Gasteiger partial charge in [0, 0.05) is 11.1 Å². The van der Waals surface area contributed by atoms with Gasteiger partial charge in [0.1, 0.15) is 12.4 Å². The molecule has 0 unspecified atom stereocenters. The second kappa shape index (κ2) is 6.75. The molecule has 4 nitrogen and oxygen atoms in total. The second-order valence-corrected chi connectivity index (χ2v) is 5.40. The molecule has 0 aromatic heterocycles. The number of carbonyl (C=O) groups excluding carboxylic acids is 1. The van der Waals surface area contributed by atoms with Gasteiger partial charge in [-0.2, -0.15) is 0 Å². The van der Waals surface area contributed by atoms with E-state index >= 15 is 0 Å². The van der Waals surface area contributed by atoms with Crippen LogP contribution in [0.2, 0.25) is 0 Å². The lowest BCUT2D eigenvalue weighted by Crippen LogP contribution is -2.12. The fourth-order valence-electron chi connectivity index (χ4n) is 1.77. The number of primary amides is 1. The fraction of sp³-hybridized carbons (Fsp3) is 0.133. The Labute approximate surface area is 135 Å². The summed E-state index contributed by atoms with van der Waals surface area (Å²) in [6.45, 7) is 0.0644. The molecular formula is C15H13FINO3. The first-order valence-electron chi connectivity index (χ1n) is 6.06. The Kier molecular flexibility index (Phi) is 5.00. The zero-order valence-corrected chi connectivity index (χ0v) is 13.4. The van der Waals surface area contributed by atoms with Crippen LogP contribution < -0.4 is 15.2 Å². The van der Waals surface area contributed by atoms with Crippen molar-refractivity contribution in [3.8, 4) is 11.5 Å². The molecule has 6 heteroatoms. The number of halogens is 2. The summed E-state index contributed by atoms with van der Waals surface area (Å²) in [6, 6.07) is 9.47. The molecule has 0 fully saturated rings. The highest BCUT2D eigenvalue weighted by Gasteiger charge is 2.14. The molecule has 21 heavy (non-hydrogen) atoms. The SMILES string of the molecule is COc1cc(C(N)=O)cc(I)c1OCc1ccccc1F. The number of carbonyl (C=O) groups is 1. The van der Waals surface area contributed by atoms with Crippen molar-refractivity contribution in [3.63, 3.8) is 0 Å². The Balaban J connectivity index is 2.28. The van der Waals surface area contributed by atoms with E-state index in [9.17, 15) is 9.18 Å². The molecule has 2 aromatic rings. The average Bonchev–Trinajstić information content (AvgIpc) is 2.46. The minimum Gasteiger partial charge on any atom is -0.493 e. The van der Waals surface area contributed by atoms with Crippen molar-refractivity contribution in [2.24, 2.45) is 5.73 Å². The molecular weight excluding hydrogens is 388 g/mol. The van der Waals surface area contributed by atoms with Crippen molar-refractivity contribution < 1.29 is 18.7 Å². The van der Waals surface area contributed by atoms with Crippen LogP contribution in [0.25, 0.3) is 0 Å². The lowest BCUT2D eigenvalue weighted by molar-refractivity contribution is 0.1000. The van der Waals surface area contributed by atoms with Crippen LogP contribution in [0.4, 0.5) is 4.39 Å². The third kappa shape index (κ3) is 3.63. The van der Waals surface area contributed by atoms with Crippen LogP contribution in [0, 0.1) is 9.39 Å². The fourth-order valence-corrected chi connectivity index (χ4v) is 2.52. The maximum atomic E-state index is 13.6. The quantitative estimate of drug-likeness (QED) is 0.784. The largest absolute Gasteiger partial charge is 0.493 e. The van der Waals surface area contributed by atoms with E-state index < -0.39 is 5.91 Å². The van der Waals surface area contributed by atoms with E-state index in [4.69, 9.17) is 15.2 Å². The Hall–Kier alpha value is -1.83. The third-order valence-corrected chi connectivity index (χ3v) is 3.65. The molecule has 0 aliphatic rings. The van der Waals surface area contributed by atoms with Gasteiger partial charge in [-0.25, -0.2) is 4.39 Å².